The summed E-state index contributed by atoms with van der Waals surface area (Å²) in [6.07, 6.45) is -0.0910. The first kappa shape index (κ1) is 14.2. The van der Waals surface area contributed by atoms with E-state index in [0.29, 0.717) is 10.3 Å². The number of aliphatic hydroxyl groups excluding tert-OH is 1. The number of benzene rings is 1. The molecule has 0 bridgehead atoms. The molecule has 1 aromatic carbocycles. The second kappa shape index (κ2) is 6.29. The first-order valence-corrected chi connectivity index (χ1v) is 6.60. The van der Waals surface area contributed by atoms with Crippen LogP contribution in [0.1, 0.15) is 11.6 Å². The van der Waals surface area contributed by atoms with Crippen molar-refractivity contribution in [2.45, 2.75) is 12.3 Å². The highest BCUT2D eigenvalue weighted by Gasteiger charge is 2.20. The van der Waals surface area contributed by atoms with Crippen molar-refractivity contribution in [1.29, 1.82) is 0 Å². The number of anilines is 1. The van der Waals surface area contributed by atoms with E-state index in [9.17, 15) is 10.2 Å². The number of aromatic nitrogens is 2. The minimum Gasteiger partial charge on any atom is -0.366 e. The van der Waals surface area contributed by atoms with Gasteiger partial charge in [0.05, 0.1) is 4.47 Å². The average molecular weight is 345 g/mol. The van der Waals surface area contributed by atoms with Gasteiger partial charge in [0, 0.05) is 6.20 Å². The van der Waals surface area contributed by atoms with Crippen molar-refractivity contribution in [3.8, 4) is 0 Å². The maximum atomic E-state index is 9.49. The fraction of sp³-hybridized carbons (Fsp3) is 0.167. The summed E-state index contributed by atoms with van der Waals surface area (Å²) in [5.41, 5.74) is 0.721. The average Bonchev–Trinajstić information content (AvgIpc) is 2.40. The topological polar surface area (TPSA) is 78.3 Å². The van der Waals surface area contributed by atoms with Crippen molar-refractivity contribution in [3.63, 3.8) is 0 Å². The summed E-state index contributed by atoms with van der Waals surface area (Å²) in [6.45, 7) is 0. The van der Waals surface area contributed by atoms with Gasteiger partial charge in [-0.1, -0.05) is 30.3 Å². The third-order valence-electron chi connectivity index (χ3n) is 2.46. The van der Waals surface area contributed by atoms with Crippen LogP contribution in [0.4, 0.5) is 5.82 Å². The number of halogens is 2. The molecule has 5 nitrogen and oxygen atoms in total. The Labute approximate surface area is 123 Å². The zero-order valence-electron chi connectivity index (χ0n) is 9.66. The summed E-state index contributed by atoms with van der Waals surface area (Å²) in [5, 5.41) is 22.0. The van der Waals surface area contributed by atoms with Crippen molar-refractivity contribution >= 4 is 33.3 Å². The van der Waals surface area contributed by atoms with Crippen molar-refractivity contribution in [2.24, 2.45) is 0 Å². The minimum absolute atomic E-state index is 0.0740. The Hall–Kier alpha value is -1.21. The quantitative estimate of drug-likeness (QED) is 0.586. The molecule has 0 aliphatic carbocycles. The summed E-state index contributed by atoms with van der Waals surface area (Å²) in [6, 6.07) is 8.33. The van der Waals surface area contributed by atoms with E-state index >= 15 is 0 Å². The maximum absolute atomic E-state index is 9.49. The molecule has 1 heterocycles. The molecule has 2 aromatic rings. The number of nitrogens with one attached hydrogen (secondary N) is 1. The second-order valence-electron chi connectivity index (χ2n) is 3.78. The van der Waals surface area contributed by atoms with Gasteiger partial charge in [-0.15, -0.1) is 0 Å². The molecule has 100 valence electrons. The Morgan fingerprint density at radius 1 is 1.21 bits per heavy atom. The molecule has 3 N–H and O–H groups in total. The summed E-state index contributed by atoms with van der Waals surface area (Å²) < 4.78 is 0.582. The van der Waals surface area contributed by atoms with E-state index in [4.69, 9.17) is 11.6 Å². The number of hydrogen-bond acceptors (Lipinski definition) is 5. The molecule has 0 saturated heterocycles. The molecular weight excluding hydrogens is 334 g/mol. The Morgan fingerprint density at radius 2 is 1.89 bits per heavy atom. The van der Waals surface area contributed by atoms with Gasteiger partial charge in [-0.3, -0.25) is 0 Å². The van der Waals surface area contributed by atoms with Gasteiger partial charge < -0.3 is 15.5 Å². The lowest BCUT2D eigenvalue weighted by Crippen LogP contribution is -2.25. The molecule has 1 aromatic heterocycles. The normalized spacial score (nSPS) is 12.5. The third-order valence-corrected chi connectivity index (χ3v) is 3.23. The molecular formula is C12H11BrClN3O2. The van der Waals surface area contributed by atoms with Crippen molar-refractivity contribution in [1.82, 2.24) is 9.97 Å². The summed E-state index contributed by atoms with van der Waals surface area (Å²) in [4.78, 5) is 7.80. The lowest BCUT2D eigenvalue weighted by molar-refractivity contribution is -0.0540. The summed E-state index contributed by atoms with van der Waals surface area (Å²) in [7, 11) is 0. The van der Waals surface area contributed by atoms with E-state index < -0.39 is 12.3 Å². The van der Waals surface area contributed by atoms with E-state index in [0.717, 1.165) is 5.56 Å². The van der Waals surface area contributed by atoms with Crippen molar-refractivity contribution in [2.75, 3.05) is 5.32 Å². The maximum Gasteiger partial charge on any atom is 0.224 e. The van der Waals surface area contributed by atoms with Crippen LogP contribution in [-0.4, -0.2) is 26.5 Å². The molecule has 7 heteroatoms. The van der Waals surface area contributed by atoms with Crippen LogP contribution in [0.3, 0.4) is 0 Å². The van der Waals surface area contributed by atoms with Gasteiger partial charge in [-0.05, 0) is 33.1 Å². The Morgan fingerprint density at radius 3 is 2.53 bits per heavy atom. The fourth-order valence-electron chi connectivity index (χ4n) is 1.58. The van der Waals surface area contributed by atoms with Crippen LogP contribution in [0.5, 0.6) is 0 Å². The molecule has 2 rings (SSSR count). The molecule has 0 aliphatic rings. The van der Waals surface area contributed by atoms with Crippen molar-refractivity contribution in [3.05, 3.63) is 51.8 Å². The van der Waals surface area contributed by atoms with E-state index in [-0.39, 0.29) is 5.28 Å². The van der Waals surface area contributed by atoms with Crippen LogP contribution in [0.15, 0.2) is 41.0 Å². The number of nitrogens with zero attached hydrogens (tertiary/aromatic N) is 2. The molecule has 19 heavy (non-hydrogen) atoms. The van der Waals surface area contributed by atoms with Crippen LogP contribution in [0.2, 0.25) is 5.28 Å². The first-order chi connectivity index (χ1) is 9.08. The van der Waals surface area contributed by atoms with Gasteiger partial charge in [0.25, 0.3) is 0 Å². The number of aliphatic hydroxyl groups is 2. The van der Waals surface area contributed by atoms with Gasteiger partial charge in [0.15, 0.2) is 6.29 Å². The smallest absolute Gasteiger partial charge is 0.224 e. The van der Waals surface area contributed by atoms with Crippen LogP contribution in [0, 0.1) is 0 Å². The number of rotatable bonds is 4. The van der Waals surface area contributed by atoms with Gasteiger partial charge >= 0.3 is 0 Å². The SMILES string of the molecule is OC(O)[C@@H](Nc1nc(Cl)ncc1Br)c1ccccc1. The van der Waals surface area contributed by atoms with E-state index in [1.807, 2.05) is 18.2 Å². The predicted molar refractivity (Wildman–Crippen MR) is 75.8 cm³/mol. The van der Waals surface area contributed by atoms with Gasteiger partial charge in [0.2, 0.25) is 5.28 Å². The van der Waals surface area contributed by atoms with Crippen LogP contribution in [0.25, 0.3) is 0 Å². The third kappa shape index (κ3) is 3.63. The second-order valence-corrected chi connectivity index (χ2v) is 4.97. The van der Waals surface area contributed by atoms with Gasteiger partial charge in [-0.25, -0.2) is 4.98 Å². The molecule has 0 unspecified atom stereocenters. The number of hydrogen-bond donors (Lipinski definition) is 3. The molecule has 0 aliphatic heterocycles. The highest BCUT2D eigenvalue weighted by Crippen LogP contribution is 2.26. The molecule has 0 radical (unpaired) electrons. The Kier molecular flexibility index (Phi) is 4.71. The molecule has 0 fully saturated rings. The van der Waals surface area contributed by atoms with Crippen LogP contribution >= 0.6 is 27.5 Å². The van der Waals surface area contributed by atoms with E-state index in [2.05, 4.69) is 31.2 Å². The minimum atomic E-state index is -1.58. The standard InChI is InChI=1S/C12H11BrClN3O2/c13-8-6-15-12(14)17-10(8)16-9(11(18)19)7-4-2-1-3-5-7/h1-6,9,11,18-19H,(H,15,16,17)/t9-/m0/s1. The van der Waals surface area contributed by atoms with Crippen LogP contribution in [-0.2, 0) is 0 Å². The molecule has 0 saturated carbocycles. The highest BCUT2D eigenvalue weighted by molar-refractivity contribution is 9.10. The first-order valence-electron chi connectivity index (χ1n) is 5.43. The lowest BCUT2D eigenvalue weighted by Gasteiger charge is -2.22. The van der Waals surface area contributed by atoms with E-state index in [1.54, 1.807) is 12.1 Å². The zero-order valence-corrected chi connectivity index (χ0v) is 12.0. The molecule has 1 atom stereocenters. The Balaban J connectivity index is 2.29. The largest absolute Gasteiger partial charge is 0.366 e. The zero-order chi connectivity index (χ0) is 13.8. The predicted octanol–water partition coefficient (Wildman–Crippen LogP) is 2.36. The monoisotopic (exact) mass is 343 g/mol. The highest BCUT2D eigenvalue weighted by atomic mass is 79.9. The Bertz CT molecular complexity index is 554. The lowest BCUT2D eigenvalue weighted by atomic mass is 10.1. The summed E-state index contributed by atoms with van der Waals surface area (Å²) >= 11 is 8.99. The summed E-state index contributed by atoms with van der Waals surface area (Å²) in [5.74, 6) is 0.391. The molecule has 0 spiro atoms. The van der Waals surface area contributed by atoms with Gasteiger partial charge in [0.1, 0.15) is 11.9 Å². The van der Waals surface area contributed by atoms with E-state index in [1.165, 1.54) is 6.20 Å². The van der Waals surface area contributed by atoms with Crippen LogP contribution < -0.4 is 5.32 Å². The fourth-order valence-corrected chi connectivity index (χ4v) is 2.02. The van der Waals surface area contributed by atoms with Crippen molar-refractivity contribution < 1.29 is 10.2 Å². The molecule has 0 amide bonds. The van der Waals surface area contributed by atoms with Gasteiger partial charge in [-0.2, -0.15) is 4.98 Å².